The van der Waals surface area contributed by atoms with Crippen molar-refractivity contribution in [2.75, 3.05) is 13.1 Å². The number of carbonyl (C=O) groups excluding carboxylic acids is 1. The van der Waals surface area contributed by atoms with Crippen molar-refractivity contribution in [3.63, 3.8) is 0 Å². The lowest BCUT2D eigenvalue weighted by Crippen LogP contribution is -2.38. The van der Waals surface area contributed by atoms with Gasteiger partial charge >= 0.3 is 0 Å². The van der Waals surface area contributed by atoms with E-state index in [1.165, 1.54) is 5.56 Å². The van der Waals surface area contributed by atoms with E-state index >= 15 is 0 Å². The van der Waals surface area contributed by atoms with Gasteiger partial charge in [0.2, 0.25) is 0 Å². The fraction of sp³-hybridized carbons (Fsp3) is 0.467. The molecule has 4 heteroatoms. The molecule has 1 aromatic carbocycles. The van der Waals surface area contributed by atoms with Gasteiger partial charge in [-0.3, -0.25) is 4.79 Å². The molecule has 2 heterocycles. The zero-order valence-electron chi connectivity index (χ0n) is 10.8. The number of hydrogen-bond acceptors (Lipinski definition) is 3. The predicted octanol–water partition coefficient (Wildman–Crippen LogP) is 2.09. The fourth-order valence-corrected chi connectivity index (χ4v) is 2.70. The Hall–Kier alpha value is -1.86. The molecule has 0 unspecified atom stereocenters. The molecule has 98 valence electrons. The Bertz CT molecular complexity index is 540. The summed E-state index contributed by atoms with van der Waals surface area (Å²) < 4.78 is 5.36. The van der Waals surface area contributed by atoms with Crippen molar-refractivity contribution in [2.45, 2.75) is 26.1 Å². The summed E-state index contributed by atoms with van der Waals surface area (Å²) in [7, 11) is 0. The molecule has 3 rings (SSSR count). The zero-order valence-corrected chi connectivity index (χ0v) is 10.8. The molecule has 0 bridgehead atoms. The summed E-state index contributed by atoms with van der Waals surface area (Å²) in [6.45, 7) is 2.62. The molecule has 2 aliphatic heterocycles. The Balaban J connectivity index is 1.73. The predicted molar refractivity (Wildman–Crippen MR) is 69.2 cm³/mol. The first-order valence-electron chi connectivity index (χ1n) is 6.66. The standard InChI is InChI=1S/C15H16N2O2/c16-8-11-3-5-17(6-4-11)15(18)12-1-2-13-9-19-10-14(13)7-12/h1-2,7,11H,3-6,9-10H2. The van der Waals surface area contributed by atoms with Crippen molar-refractivity contribution in [3.05, 3.63) is 34.9 Å². The minimum atomic E-state index is 0.0751. The van der Waals surface area contributed by atoms with E-state index in [2.05, 4.69) is 6.07 Å². The van der Waals surface area contributed by atoms with E-state index in [4.69, 9.17) is 10.00 Å². The van der Waals surface area contributed by atoms with Gasteiger partial charge in [0, 0.05) is 24.6 Å². The second-order valence-corrected chi connectivity index (χ2v) is 5.17. The lowest BCUT2D eigenvalue weighted by atomic mass is 9.97. The maximum Gasteiger partial charge on any atom is 0.253 e. The molecule has 1 saturated heterocycles. The van der Waals surface area contributed by atoms with Gasteiger partial charge < -0.3 is 9.64 Å². The third-order valence-corrected chi connectivity index (χ3v) is 3.93. The topological polar surface area (TPSA) is 53.3 Å². The minimum Gasteiger partial charge on any atom is -0.372 e. The average molecular weight is 256 g/mol. The van der Waals surface area contributed by atoms with Gasteiger partial charge in [-0.15, -0.1) is 0 Å². The molecule has 0 spiro atoms. The van der Waals surface area contributed by atoms with Crippen molar-refractivity contribution in [3.8, 4) is 6.07 Å². The summed E-state index contributed by atoms with van der Waals surface area (Å²) in [6.07, 6.45) is 1.58. The summed E-state index contributed by atoms with van der Waals surface area (Å²) in [6, 6.07) is 8.09. The zero-order chi connectivity index (χ0) is 13.2. The van der Waals surface area contributed by atoms with Gasteiger partial charge in [0.05, 0.1) is 19.3 Å². The second kappa shape index (κ2) is 5.02. The molecule has 0 N–H and O–H groups in total. The van der Waals surface area contributed by atoms with Crippen LogP contribution in [0.25, 0.3) is 0 Å². The van der Waals surface area contributed by atoms with Gasteiger partial charge in [0.15, 0.2) is 0 Å². The normalized spacial score (nSPS) is 19.0. The van der Waals surface area contributed by atoms with E-state index in [0.717, 1.165) is 24.0 Å². The molecule has 4 nitrogen and oxygen atoms in total. The summed E-state index contributed by atoms with van der Waals surface area (Å²) in [5.41, 5.74) is 3.04. The van der Waals surface area contributed by atoms with Crippen molar-refractivity contribution in [2.24, 2.45) is 5.92 Å². The molecule has 0 atom stereocenters. The number of carbonyl (C=O) groups is 1. The van der Waals surface area contributed by atoms with Crippen molar-refractivity contribution < 1.29 is 9.53 Å². The van der Waals surface area contributed by atoms with E-state index in [-0.39, 0.29) is 11.8 Å². The quantitative estimate of drug-likeness (QED) is 0.773. The van der Waals surface area contributed by atoms with Crippen LogP contribution >= 0.6 is 0 Å². The van der Waals surface area contributed by atoms with Crippen LogP contribution in [0.4, 0.5) is 0 Å². The minimum absolute atomic E-state index is 0.0751. The highest BCUT2D eigenvalue weighted by molar-refractivity contribution is 5.94. The Labute approximate surface area is 112 Å². The number of benzene rings is 1. The molecule has 0 aliphatic carbocycles. The van der Waals surface area contributed by atoms with Gasteiger partial charge in [0.25, 0.3) is 5.91 Å². The average Bonchev–Trinajstić information content (AvgIpc) is 2.94. The highest BCUT2D eigenvalue weighted by Gasteiger charge is 2.24. The van der Waals surface area contributed by atoms with E-state index in [0.29, 0.717) is 26.3 Å². The summed E-state index contributed by atoms with van der Waals surface area (Å²) >= 11 is 0. The van der Waals surface area contributed by atoms with Crippen LogP contribution in [0.3, 0.4) is 0 Å². The molecule has 0 saturated carbocycles. The van der Waals surface area contributed by atoms with Crippen molar-refractivity contribution >= 4 is 5.91 Å². The Kier molecular flexibility index (Phi) is 3.22. The van der Waals surface area contributed by atoms with Crippen molar-refractivity contribution in [1.29, 1.82) is 5.26 Å². The van der Waals surface area contributed by atoms with Crippen LogP contribution in [0.5, 0.6) is 0 Å². The van der Waals surface area contributed by atoms with Gasteiger partial charge in [-0.2, -0.15) is 5.26 Å². The first-order chi connectivity index (χ1) is 9.28. The lowest BCUT2D eigenvalue weighted by molar-refractivity contribution is 0.0707. The van der Waals surface area contributed by atoms with Crippen LogP contribution in [0, 0.1) is 17.2 Å². The van der Waals surface area contributed by atoms with E-state index in [1.54, 1.807) is 0 Å². The van der Waals surface area contributed by atoms with Crippen LogP contribution in [0.2, 0.25) is 0 Å². The number of likely N-dealkylation sites (tertiary alicyclic amines) is 1. The molecule has 1 amide bonds. The monoisotopic (exact) mass is 256 g/mol. The third kappa shape index (κ3) is 2.34. The lowest BCUT2D eigenvalue weighted by Gasteiger charge is -2.29. The number of nitriles is 1. The number of piperidine rings is 1. The smallest absolute Gasteiger partial charge is 0.253 e. The molecule has 2 aliphatic rings. The maximum absolute atomic E-state index is 12.4. The summed E-state index contributed by atoms with van der Waals surface area (Å²) in [5.74, 6) is 0.184. The van der Waals surface area contributed by atoms with Crippen LogP contribution in [-0.2, 0) is 18.0 Å². The Morgan fingerprint density at radius 2 is 2.00 bits per heavy atom. The Morgan fingerprint density at radius 1 is 1.26 bits per heavy atom. The second-order valence-electron chi connectivity index (χ2n) is 5.17. The van der Waals surface area contributed by atoms with Gasteiger partial charge in [-0.1, -0.05) is 6.07 Å². The van der Waals surface area contributed by atoms with Gasteiger partial charge in [-0.25, -0.2) is 0 Å². The van der Waals surface area contributed by atoms with E-state index < -0.39 is 0 Å². The Morgan fingerprint density at radius 3 is 2.74 bits per heavy atom. The number of ether oxygens (including phenoxy) is 1. The van der Waals surface area contributed by atoms with Gasteiger partial charge in [-0.05, 0) is 36.1 Å². The third-order valence-electron chi connectivity index (χ3n) is 3.93. The van der Waals surface area contributed by atoms with Crippen LogP contribution in [0.15, 0.2) is 18.2 Å². The van der Waals surface area contributed by atoms with Crippen LogP contribution < -0.4 is 0 Å². The molecular formula is C15H16N2O2. The first kappa shape index (κ1) is 12.2. The van der Waals surface area contributed by atoms with Gasteiger partial charge in [0.1, 0.15) is 0 Å². The van der Waals surface area contributed by atoms with Crippen molar-refractivity contribution in [1.82, 2.24) is 4.90 Å². The number of nitrogens with zero attached hydrogens (tertiary/aromatic N) is 2. The van der Waals surface area contributed by atoms with Crippen LogP contribution in [0.1, 0.15) is 34.3 Å². The van der Waals surface area contributed by atoms with Crippen LogP contribution in [-0.4, -0.2) is 23.9 Å². The number of fused-ring (bicyclic) bond motifs is 1. The van der Waals surface area contributed by atoms with E-state index in [1.807, 2.05) is 23.1 Å². The first-order valence-corrected chi connectivity index (χ1v) is 6.66. The fourth-order valence-electron chi connectivity index (χ4n) is 2.70. The molecule has 19 heavy (non-hydrogen) atoms. The molecule has 0 radical (unpaired) electrons. The summed E-state index contributed by atoms with van der Waals surface area (Å²) in [4.78, 5) is 14.2. The number of rotatable bonds is 1. The summed E-state index contributed by atoms with van der Waals surface area (Å²) in [5, 5.41) is 8.87. The highest BCUT2D eigenvalue weighted by Crippen LogP contribution is 2.23. The highest BCUT2D eigenvalue weighted by atomic mass is 16.5. The SMILES string of the molecule is N#CC1CCN(C(=O)c2ccc3c(c2)COC3)CC1. The largest absolute Gasteiger partial charge is 0.372 e. The molecule has 0 aromatic heterocycles. The molecular weight excluding hydrogens is 240 g/mol. The molecule has 1 fully saturated rings. The maximum atomic E-state index is 12.4. The van der Waals surface area contributed by atoms with E-state index in [9.17, 15) is 4.79 Å². The number of amides is 1. The number of hydrogen-bond donors (Lipinski definition) is 0. The molecule has 1 aromatic rings.